The van der Waals surface area contributed by atoms with Gasteiger partial charge in [0.25, 0.3) is 0 Å². The van der Waals surface area contributed by atoms with Crippen molar-refractivity contribution in [3.05, 3.63) is 70.0 Å². The van der Waals surface area contributed by atoms with Gasteiger partial charge in [-0.3, -0.25) is 0 Å². The number of piperidine rings is 1. The zero-order chi connectivity index (χ0) is 30.5. The van der Waals surface area contributed by atoms with Crippen LogP contribution in [0.3, 0.4) is 0 Å². The highest BCUT2D eigenvalue weighted by atomic mass is 35.5. The minimum absolute atomic E-state index is 0. The monoisotopic (exact) mass is 625 g/mol. The highest BCUT2D eigenvalue weighted by Crippen LogP contribution is 2.46. The Morgan fingerprint density at radius 1 is 1.07 bits per heavy atom. The molecule has 2 amide bonds. The van der Waals surface area contributed by atoms with E-state index in [-0.39, 0.29) is 37.2 Å². The average Bonchev–Trinajstić information content (AvgIpc) is 3.22. The molecule has 0 aliphatic carbocycles. The molecule has 2 aromatic rings. The van der Waals surface area contributed by atoms with E-state index in [1.807, 2.05) is 6.92 Å². The standard InChI is InChI=1S/C29H34F7N3O2.ClH/c1-17-11-22(30)5-6-23(17)24-15-27(8-7-26(3,16-40)37-27)9-10-39(24)25(41)38(4)18(2)19-12-20(28(31,32)33)14-21(13-19)29(34,35)36;/h5-6,11-14,18,24,37,40H,7-10,15-16H2,1-4H3;1H/t18-,24-,26+,27+;/m1./s1. The Hall–Kier alpha value is -2.57. The zero-order valence-corrected chi connectivity index (χ0v) is 24.5. The second-order valence-electron chi connectivity index (χ2n) is 11.7. The maximum atomic E-state index is 14.0. The second kappa shape index (κ2) is 11.8. The van der Waals surface area contributed by atoms with Crippen LogP contribution in [0, 0.1) is 12.7 Å². The van der Waals surface area contributed by atoms with E-state index in [2.05, 4.69) is 5.32 Å². The molecule has 4 atom stereocenters. The Morgan fingerprint density at radius 3 is 2.17 bits per heavy atom. The van der Waals surface area contributed by atoms with Crippen LogP contribution in [0.1, 0.15) is 79.4 Å². The van der Waals surface area contributed by atoms with Crippen LogP contribution in [0.25, 0.3) is 0 Å². The van der Waals surface area contributed by atoms with E-state index in [4.69, 9.17) is 0 Å². The molecule has 13 heteroatoms. The number of alkyl halides is 6. The van der Waals surface area contributed by atoms with E-state index in [0.29, 0.717) is 42.5 Å². The maximum absolute atomic E-state index is 14.0. The number of urea groups is 1. The fourth-order valence-corrected chi connectivity index (χ4v) is 6.14. The summed E-state index contributed by atoms with van der Waals surface area (Å²) in [6.07, 6.45) is -7.62. The van der Waals surface area contributed by atoms with Gasteiger partial charge >= 0.3 is 18.4 Å². The van der Waals surface area contributed by atoms with Gasteiger partial charge in [0.15, 0.2) is 0 Å². The Balaban J connectivity index is 0.00000484. The van der Waals surface area contributed by atoms with Crippen molar-refractivity contribution in [3.8, 4) is 0 Å². The van der Waals surface area contributed by atoms with Gasteiger partial charge in [0, 0.05) is 24.7 Å². The first-order valence-electron chi connectivity index (χ1n) is 13.4. The van der Waals surface area contributed by atoms with Gasteiger partial charge in [0.2, 0.25) is 0 Å². The van der Waals surface area contributed by atoms with Crippen molar-refractivity contribution in [2.75, 3.05) is 20.2 Å². The van der Waals surface area contributed by atoms with Crippen molar-refractivity contribution in [2.24, 2.45) is 0 Å². The summed E-state index contributed by atoms with van der Waals surface area (Å²) in [7, 11) is 1.34. The van der Waals surface area contributed by atoms with Gasteiger partial charge < -0.3 is 20.2 Å². The molecule has 0 aromatic heterocycles. The van der Waals surface area contributed by atoms with E-state index < -0.39 is 58.5 Å². The Bertz CT molecular complexity index is 1270. The summed E-state index contributed by atoms with van der Waals surface area (Å²) in [6.45, 7) is 5.17. The van der Waals surface area contributed by atoms with E-state index in [1.165, 1.54) is 26.1 Å². The molecule has 1 spiro atoms. The number of amides is 2. The summed E-state index contributed by atoms with van der Waals surface area (Å²) in [6, 6.07) is 3.32. The molecule has 0 bridgehead atoms. The lowest BCUT2D eigenvalue weighted by atomic mass is 9.79. The van der Waals surface area contributed by atoms with Crippen LogP contribution in [0.2, 0.25) is 0 Å². The normalized spacial score (nSPS) is 25.3. The maximum Gasteiger partial charge on any atom is 0.416 e. The summed E-state index contributed by atoms with van der Waals surface area (Å²) in [5.74, 6) is -0.447. The van der Waals surface area contributed by atoms with Crippen molar-refractivity contribution in [1.82, 2.24) is 15.1 Å². The Labute approximate surface area is 246 Å². The number of nitrogens with one attached hydrogen (secondary N) is 1. The van der Waals surface area contributed by atoms with Crippen molar-refractivity contribution < 1.29 is 40.6 Å². The van der Waals surface area contributed by atoms with Crippen molar-refractivity contribution in [3.63, 3.8) is 0 Å². The minimum atomic E-state index is -5.01. The highest BCUT2D eigenvalue weighted by Gasteiger charge is 2.50. The highest BCUT2D eigenvalue weighted by molar-refractivity contribution is 5.85. The third kappa shape index (κ3) is 6.81. The lowest BCUT2D eigenvalue weighted by Gasteiger charge is -2.48. The van der Waals surface area contributed by atoms with Gasteiger partial charge in [-0.1, -0.05) is 6.07 Å². The number of rotatable bonds is 4. The van der Waals surface area contributed by atoms with Crippen LogP contribution in [0.15, 0.2) is 36.4 Å². The number of hydrogen-bond donors (Lipinski definition) is 2. The first-order valence-corrected chi connectivity index (χ1v) is 13.4. The largest absolute Gasteiger partial charge is 0.416 e. The predicted molar refractivity (Wildman–Crippen MR) is 146 cm³/mol. The molecule has 4 rings (SSSR count). The number of nitrogens with zero attached hydrogens (tertiary/aromatic N) is 2. The Kier molecular flexibility index (Phi) is 9.57. The van der Waals surface area contributed by atoms with Crippen LogP contribution >= 0.6 is 12.4 Å². The number of likely N-dealkylation sites (tertiary alicyclic amines) is 1. The van der Waals surface area contributed by atoms with Crippen molar-refractivity contribution in [1.29, 1.82) is 0 Å². The fourth-order valence-electron chi connectivity index (χ4n) is 6.14. The van der Waals surface area contributed by atoms with Crippen LogP contribution in [0.5, 0.6) is 0 Å². The molecule has 42 heavy (non-hydrogen) atoms. The molecule has 0 saturated carbocycles. The number of aliphatic hydroxyl groups excluding tert-OH is 1. The molecule has 2 saturated heterocycles. The van der Waals surface area contributed by atoms with Gasteiger partial charge in [0.1, 0.15) is 5.82 Å². The average molecular weight is 626 g/mol. The fraction of sp³-hybridized carbons (Fsp3) is 0.552. The second-order valence-corrected chi connectivity index (χ2v) is 11.7. The third-order valence-corrected chi connectivity index (χ3v) is 8.67. The first kappa shape index (κ1) is 33.9. The molecule has 2 aliphatic heterocycles. The molecule has 5 nitrogen and oxygen atoms in total. The van der Waals surface area contributed by atoms with Gasteiger partial charge in [-0.15, -0.1) is 12.4 Å². The smallest absolute Gasteiger partial charge is 0.394 e. The molecular weight excluding hydrogens is 591 g/mol. The van der Waals surface area contributed by atoms with E-state index in [9.17, 15) is 40.6 Å². The lowest BCUT2D eigenvalue weighted by molar-refractivity contribution is -0.143. The van der Waals surface area contributed by atoms with Gasteiger partial charge in [-0.25, -0.2) is 9.18 Å². The number of halogens is 8. The quantitative estimate of drug-likeness (QED) is 0.348. The van der Waals surface area contributed by atoms with Crippen molar-refractivity contribution in [2.45, 2.75) is 82.0 Å². The molecular formula is C29H35ClF7N3O2. The topological polar surface area (TPSA) is 55.8 Å². The minimum Gasteiger partial charge on any atom is -0.394 e. The molecule has 0 radical (unpaired) electrons. The molecule has 2 N–H and O–H groups in total. The zero-order valence-electron chi connectivity index (χ0n) is 23.7. The van der Waals surface area contributed by atoms with Crippen LogP contribution < -0.4 is 5.32 Å². The number of carbonyl (C=O) groups is 1. The first-order chi connectivity index (χ1) is 18.9. The summed E-state index contributed by atoms with van der Waals surface area (Å²) >= 11 is 0. The SMILES string of the molecule is Cc1cc(F)ccc1[C@H]1C[C@@]2(CCN1C(=O)N(C)[C@H](C)c1cc(C(F)(F)F)cc(C(F)(F)F)c1)CC[C@@](C)(CO)N2.Cl. The van der Waals surface area contributed by atoms with Gasteiger partial charge in [-0.2, -0.15) is 26.3 Å². The van der Waals surface area contributed by atoms with E-state index >= 15 is 0 Å². The van der Waals surface area contributed by atoms with E-state index in [1.54, 1.807) is 17.9 Å². The Morgan fingerprint density at radius 2 is 1.67 bits per heavy atom. The summed E-state index contributed by atoms with van der Waals surface area (Å²) in [4.78, 5) is 16.6. The van der Waals surface area contributed by atoms with Crippen LogP contribution in [-0.2, 0) is 12.4 Å². The predicted octanol–water partition coefficient (Wildman–Crippen LogP) is 7.42. The number of benzene rings is 2. The lowest BCUT2D eigenvalue weighted by Crippen LogP contribution is -2.58. The molecule has 2 fully saturated rings. The number of aryl methyl sites for hydroxylation is 1. The van der Waals surface area contributed by atoms with Crippen molar-refractivity contribution >= 4 is 18.4 Å². The summed E-state index contributed by atoms with van der Waals surface area (Å²) < 4.78 is 94.8. The van der Waals surface area contributed by atoms with Crippen LogP contribution in [-0.4, -0.2) is 52.2 Å². The summed E-state index contributed by atoms with van der Waals surface area (Å²) in [5, 5.41) is 13.5. The van der Waals surface area contributed by atoms with Crippen LogP contribution in [0.4, 0.5) is 35.5 Å². The molecule has 234 valence electrons. The number of carbonyl (C=O) groups excluding carboxylic acids is 1. The number of aliphatic hydroxyl groups is 1. The molecule has 2 aliphatic rings. The van der Waals surface area contributed by atoms with Gasteiger partial charge in [-0.05, 0) is 93.5 Å². The third-order valence-electron chi connectivity index (χ3n) is 8.67. The molecule has 2 aromatic carbocycles. The summed E-state index contributed by atoms with van der Waals surface area (Å²) in [5.41, 5.74) is -2.81. The molecule has 2 heterocycles. The molecule has 0 unspecified atom stereocenters. The number of hydrogen-bond acceptors (Lipinski definition) is 3. The van der Waals surface area contributed by atoms with E-state index in [0.717, 1.165) is 11.3 Å². The van der Waals surface area contributed by atoms with Gasteiger partial charge in [0.05, 0.1) is 29.8 Å².